The van der Waals surface area contributed by atoms with E-state index in [1.165, 1.54) is 0 Å². The van der Waals surface area contributed by atoms with Crippen LogP contribution in [0.25, 0.3) is 0 Å². The lowest BCUT2D eigenvalue weighted by atomic mass is 10.0. The molecule has 76 valence electrons. The third-order valence-electron chi connectivity index (χ3n) is 1.45. The molecule has 0 aromatic rings. The average molecular weight is 193 g/mol. The minimum absolute atomic E-state index is 0.835. The molecule has 0 fully saturated rings. The molecule has 0 aromatic heterocycles. The maximum Gasteiger partial charge on any atom is 0.229 e. The molecular weight excluding hydrogens is 180 g/mol. The van der Waals surface area contributed by atoms with E-state index in [9.17, 15) is 9.59 Å². The van der Waals surface area contributed by atoms with Gasteiger partial charge in [-0.05, 0) is 0 Å². The zero-order chi connectivity index (χ0) is 11.3. The van der Waals surface area contributed by atoms with Gasteiger partial charge in [0.2, 0.25) is 5.78 Å². The van der Waals surface area contributed by atoms with Crippen molar-refractivity contribution in [2.45, 2.75) is 25.2 Å². The van der Waals surface area contributed by atoms with Gasteiger partial charge in [-0.2, -0.15) is 0 Å². The molecule has 0 rings (SSSR count). The number of hydrogen-bond donors (Lipinski definition) is 4. The van der Waals surface area contributed by atoms with E-state index in [-0.39, 0.29) is 0 Å². The predicted molar refractivity (Wildman–Crippen MR) is 40.8 cm³/mol. The lowest BCUT2D eigenvalue weighted by Crippen LogP contribution is -2.45. The van der Waals surface area contributed by atoms with E-state index in [2.05, 4.69) is 0 Å². The molecule has 6 heteroatoms. The van der Waals surface area contributed by atoms with Crippen molar-refractivity contribution in [3.05, 3.63) is 0 Å². The van der Waals surface area contributed by atoms with E-state index < -0.39 is 43.4 Å². The molecule has 0 radical (unpaired) electrons. The first-order valence-corrected chi connectivity index (χ1v) is 3.47. The molecule has 0 heterocycles. The van der Waals surface area contributed by atoms with Gasteiger partial charge in [-0.15, -0.1) is 0 Å². The van der Waals surface area contributed by atoms with Crippen molar-refractivity contribution in [2.75, 3.05) is 6.61 Å². The van der Waals surface area contributed by atoms with Gasteiger partial charge < -0.3 is 20.4 Å². The Morgan fingerprint density at radius 1 is 1.38 bits per heavy atom. The molecule has 0 aromatic carbocycles. The zero-order valence-electron chi connectivity index (χ0n) is 7.75. The van der Waals surface area contributed by atoms with Crippen LogP contribution in [0, 0.1) is 0 Å². The van der Waals surface area contributed by atoms with E-state index in [4.69, 9.17) is 21.8 Å². The topological polar surface area (TPSA) is 115 Å². The van der Waals surface area contributed by atoms with Crippen molar-refractivity contribution >= 4 is 11.6 Å². The summed E-state index contributed by atoms with van der Waals surface area (Å²) in [5.41, 5.74) is 0. The summed E-state index contributed by atoms with van der Waals surface area (Å²) in [6.45, 7) is -1.68. The van der Waals surface area contributed by atoms with Crippen molar-refractivity contribution in [1.29, 1.82) is 0 Å². The smallest absolute Gasteiger partial charge is 0.229 e. The number of rotatable bonds is 5. The van der Waals surface area contributed by atoms with Crippen molar-refractivity contribution in [1.82, 2.24) is 0 Å². The second kappa shape index (κ2) is 5.03. The summed E-state index contributed by atoms with van der Waals surface area (Å²) < 4.78 is 6.55. The minimum atomic E-state index is -2.10. The maximum absolute atomic E-state index is 10.9. The molecule has 3 atom stereocenters. The van der Waals surface area contributed by atoms with Crippen LogP contribution in [-0.2, 0) is 9.59 Å². The largest absolute Gasteiger partial charge is 0.394 e. The Bertz CT molecular complexity index is 218. The molecule has 0 aliphatic carbocycles. The summed E-state index contributed by atoms with van der Waals surface area (Å²) in [5.74, 6) is -2.51. The fraction of sp³-hybridized carbons (Fsp3) is 0.714. The second-order valence-corrected chi connectivity index (χ2v) is 2.47. The van der Waals surface area contributed by atoms with Gasteiger partial charge in [-0.1, -0.05) is 0 Å². The molecular formula is C7H12O6. The first kappa shape index (κ1) is 10.3. The SMILES string of the molecule is [2H]CC(=O)C(=O)[C@H](O)[C@H](O)[C@H](O)CO. The van der Waals surface area contributed by atoms with Crippen molar-refractivity contribution in [3.63, 3.8) is 0 Å². The molecule has 0 unspecified atom stereocenters. The number of aliphatic hydroxyl groups is 4. The number of carbonyl (C=O) groups is 2. The average Bonchev–Trinajstić information content (AvgIpc) is 2.23. The Kier molecular flexibility index (Phi) is 3.97. The van der Waals surface area contributed by atoms with Crippen LogP contribution in [0.3, 0.4) is 0 Å². The molecule has 0 aliphatic rings. The Labute approximate surface area is 75.8 Å². The van der Waals surface area contributed by atoms with Crippen LogP contribution in [0.5, 0.6) is 0 Å². The van der Waals surface area contributed by atoms with Crippen LogP contribution in [0.4, 0.5) is 0 Å². The minimum Gasteiger partial charge on any atom is -0.394 e. The van der Waals surface area contributed by atoms with Crippen LogP contribution in [-0.4, -0.2) is 56.9 Å². The standard InChI is InChI=1S/C7H12O6/c1-3(9)5(11)7(13)6(12)4(10)2-8/h4,6-8,10,12-13H,2H2,1H3/t4-,6-,7+/m1/s1/i1D. The van der Waals surface area contributed by atoms with Crippen molar-refractivity contribution in [2.24, 2.45) is 0 Å². The molecule has 4 N–H and O–H groups in total. The van der Waals surface area contributed by atoms with Crippen molar-refractivity contribution in [3.8, 4) is 0 Å². The number of Topliss-reactive ketones (excluding diaryl/α,β-unsaturated/α-hetero) is 2. The van der Waals surface area contributed by atoms with E-state index >= 15 is 0 Å². The van der Waals surface area contributed by atoms with Gasteiger partial charge >= 0.3 is 0 Å². The molecule has 0 aliphatic heterocycles. The van der Waals surface area contributed by atoms with Gasteiger partial charge in [0.15, 0.2) is 5.78 Å². The summed E-state index contributed by atoms with van der Waals surface area (Å²) in [7, 11) is 0. The van der Waals surface area contributed by atoms with Crippen molar-refractivity contribution < 1.29 is 31.4 Å². The Hall–Kier alpha value is -0.820. The number of aliphatic hydroxyl groups excluding tert-OH is 4. The van der Waals surface area contributed by atoms with Gasteiger partial charge in [0.25, 0.3) is 0 Å². The van der Waals surface area contributed by atoms with E-state index in [1.807, 2.05) is 0 Å². The van der Waals surface area contributed by atoms with Gasteiger partial charge in [-0.3, -0.25) is 9.59 Å². The summed E-state index contributed by atoms with van der Waals surface area (Å²) >= 11 is 0. The highest BCUT2D eigenvalue weighted by molar-refractivity contribution is 6.38. The lowest BCUT2D eigenvalue weighted by molar-refractivity contribution is -0.149. The van der Waals surface area contributed by atoms with Crippen LogP contribution < -0.4 is 0 Å². The van der Waals surface area contributed by atoms with Gasteiger partial charge in [0.1, 0.15) is 18.3 Å². The van der Waals surface area contributed by atoms with Crippen LogP contribution in [0.1, 0.15) is 8.27 Å². The Morgan fingerprint density at radius 3 is 2.31 bits per heavy atom. The van der Waals surface area contributed by atoms with E-state index in [0.29, 0.717) is 0 Å². The summed E-state index contributed by atoms with van der Waals surface area (Å²) in [4.78, 5) is 21.5. The highest BCUT2D eigenvalue weighted by Crippen LogP contribution is 2.01. The molecule has 0 bridgehead atoms. The second-order valence-electron chi connectivity index (χ2n) is 2.47. The van der Waals surface area contributed by atoms with Gasteiger partial charge in [-0.25, -0.2) is 0 Å². The number of hydrogen-bond acceptors (Lipinski definition) is 6. The molecule has 0 amide bonds. The number of ketones is 2. The van der Waals surface area contributed by atoms with Crippen LogP contribution >= 0.6 is 0 Å². The highest BCUT2D eigenvalue weighted by Gasteiger charge is 2.31. The normalized spacial score (nSPS) is 18.6. The van der Waals surface area contributed by atoms with E-state index in [1.54, 1.807) is 0 Å². The highest BCUT2D eigenvalue weighted by atomic mass is 16.4. The monoisotopic (exact) mass is 193 g/mol. The zero-order valence-corrected chi connectivity index (χ0v) is 6.75. The quantitative estimate of drug-likeness (QED) is 0.351. The predicted octanol–water partition coefficient (Wildman–Crippen LogP) is -2.78. The molecule has 13 heavy (non-hydrogen) atoms. The maximum atomic E-state index is 10.9. The molecule has 0 saturated heterocycles. The third kappa shape index (κ3) is 3.19. The van der Waals surface area contributed by atoms with Gasteiger partial charge in [0.05, 0.1) is 6.61 Å². The van der Waals surface area contributed by atoms with E-state index in [0.717, 1.165) is 0 Å². The first-order chi connectivity index (χ1) is 6.45. The van der Waals surface area contributed by atoms with Gasteiger partial charge in [0, 0.05) is 8.27 Å². The summed E-state index contributed by atoms with van der Waals surface area (Å²) in [6, 6.07) is 0. The third-order valence-corrected chi connectivity index (χ3v) is 1.45. The Morgan fingerprint density at radius 2 is 1.92 bits per heavy atom. The molecule has 0 saturated carbocycles. The summed E-state index contributed by atoms with van der Waals surface area (Å²) in [6.07, 6.45) is -5.73. The fourth-order valence-corrected chi connectivity index (χ4v) is 0.638. The van der Waals surface area contributed by atoms with Crippen LogP contribution in [0.2, 0.25) is 0 Å². The summed E-state index contributed by atoms with van der Waals surface area (Å²) in [5, 5.41) is 35.2. The fourth-order valence-electron chi connectivity index (χ4n) is 0.638. The lowest BCUT2D eigenvalue weighted by Gasteiger charge is -2.19. The Balaban J connectivity index is 4.38. The molecule has 0 spiro atoms. The molecule has 6 nitrogen and oxygen atoms in total. The van der Waals surface area contributed by atoms with Crippen LogP contribution in [0.15, 0.2) is 0 Å². The number of carbonyl (C=O) groups excluding carboxylic acids is 2. The first-order valence-electron chi connectivity index (χ1n) is 4.17.